The van der Waals surface area contributed by atoms with Gasteiger partial charge in [0.1, 0.15) is 0 Å². The average molecular weight is 488 g/mol. The minimum absolute atomic E-state index is 0.257. The van der Waals surface area contributed by atoms with E-state index in [4.69, 9.17) is 7.56 Å². The molecule has 0 spiro atoms. The standard InChI is InChI=1S/2C7H15O.O.2Sn.4H/c2*1-2-3-4-5-6-7-8;;;;;;;/h2*2-7H2,1H3;;;;;;;/q2*-1;;;+2;;;;. The van der Waals surface area contributed by atoms with Gasteiger partial charge in [0.2, 0.25) is 0 Å². The van der Waals surface area contributed by atoms with E-state index in [-0.39, 0.29) is 22.9 Å². The Hall–Kier alpha value is 1.48. The molecule has 0 fully saturated rings. The molecule has 0 bridgehead atoms. The van der Waals surface area contributed by atoms with Crippen molar-refractivity contribution in [3.05, 3.63) is 0 Å². The van der Waals surface area contributed by atoms with E-state index in [0.717, 1.165) is 13.2 Å². The van der Waals surface area contributed by atoms with Crippen LogP contribution in [0.5, 0.6) is 0 Å². The van der Waals surface area contributed by atoms with Gasteiger partial charge < -0.3 is 0 Å². The summed E-state index contributed by atoms with van der Waals surface area (Å²) in [6.07, 6.45) is 12.9. The van der Waals surface area contributed by atoms with Gasteiger partial charge in [-0.05, 0) is 0 Å². The number of hydrogen-bond donors (Lipinski definition) is 0. The Morgan fingerprint density at radius 3 is 1.47 bits per heavy atom. The van der Waals surface area contributed by atoms with E-state index in [1.54, 1.807) is 0 Å². The first-order valence-electron chi connectivity index (χ1n) is 8.11. The molecule has 0 heterocycles. The third kappa shape index (κ3) is 15.7. The molecule has 19 heavy (non-hydrogen) atoms. The van der Waals surface area contributed by atoms with Crippen LogP contribution < -0.4 is 0 Å². The molecule has 5 heteroatoms. The Labute approximate surface area is 142 Å². The summed E-state index contributed by atoms with van der Waals surface area (Å²) < 4.78 is 17.2. The maximum atomic E-state index is 5.82. The van der Waals surface area contributed by atoms with Crippen LogP contribution in [0.3, 0.4) is 0 Å². The van der Waals surface area contributed by atoms with Crippen molar-refractivity contribution >= 4 is 43.9 Å². The normalized spacial score (nSPS) is 11.5. The van der Waals surface area contributed by atoms with E-state index in [1.165, 1.54) is 64.2 Å². The fourth-order valence-corrected chi connectivity index (χ4v) is 10.3. The number of unbranched alkanes of at least 4 members (excludes halogenated alkanes) is 8. The molecule has 0 atom stereocenters. The van der Waals surface area contributed by atoms with Crippen molar-refractivity contribution in [1.29, 1.82) is 0 Å². The van der Waals surface area contributed by atoms with E-state index in [9.17, 15) is 0 Å². The molecule has 0 saturated heterocycles. The molecule has 0 rings (SSSR count). The fourth-order valence-electron chi connectivity index (χ4n) is 1.95. The van der Waals surface area contributed by atoms with Gasteiger partial charge in [-0.2, -0.15) is 0 Å². The van der Waals surface area contributed by atoms with Gasteiger partial charge in [-0.1, -0.05) is 0 Å². The van der Waals surface area contributed by atoms with Crippen LogP contribution in [-0.2, 0) is 7.56 Å². The molecule has 0 aromatic rings. The van der Waals surface area contributed by atoms with Crippen molar-refractivity contribution in [2.24, 2.45) is 0 Å². The summed E-state index contributed by atoms with van der Waals surface area (Å²) in [5.41, 5.74) is 0. The third-order valence-corrected chi connectivity index (χ3v) is 14.6. The molecule has 0 amide bonds. The number of rotatable bonds is 15. The minimum atomic E-state index is -2.43. The van der Waals surface area contributed by atoms with Crippen LogP contribution in [0.15, 0.2) is 0 Å². The van der Waals surface area contributed by atoms with Crippen molar-refractivity contribution in [2.45, 2.75) is 78.1 Å². The third-order valence-electron chi connectivity index (χ3n) is 3.20. The van der Waals surface area contributed by atoms with Gasteiger partial charge in [0.05, 0.1) is 0 Å². The van der Waals surface area contributed by atoms with Crippen LogP contribution in [0.25, 0.3) is 0 Å². The van der Waals surface area contributed by atoms with Gasteiger partial charge in [-0.3, -0.25) is 0 Å². The molecule has 0 radical (unpaired) electrons. The second kappa shape index (κ2) is 17.5. The van der Waals surface area contributed by atoms with E-state index in [1.807, 2.05) is 0 Å². The van der Waals surface area contributed by atoms with Crippen LogP contribution in [0.4, 0.5) is 0 Å². The average Bonchev–Trinajstić information content (AvgIpc) is 2.44. The van der Waals surface area contributed by atoms with E-state index in [0.29, 0.717) is 0 Å². The predicted octanol–water partition coefficient (Wildman–Crippen LogP) is 2.97. The second-order valence-electron chi connectivity index (χ2n) is 5.09. The summed E-state index contributed by atoms with van der Waals surface area (Å²) in [4.78, 5) is 0. The zero-order valence-corrected chi connectivity index (χ0v) is 22.3. The molecule has 0 aromatic carbocycles. The first kappa shape index (κ1) is 20.5. The Balaban J connectivity index is 3.30. The van der Waals surface area contributed by atoms with E-state index < -0.39 is 21.0 Å². The van der Waals surface area contributed by atoms with E-state index >= 15 is 0 Å². The van der Waals surface area contributed by atoms with Crippen molar-refractivity contribution in [3.8, 4) is 0 Å². The first-order valence-corrected chi connectivity index (χ1v) is 14.5. The van der Waals surface area contributed by atoms with Gasteiger partial charge in [0.15, 0.2) is 0 Å². The van der Waals surface area contributed by atoms with Crippen LogP contribution >= 0.6 is 0 Å². The fraction of sp³-hybridized carbons (Fsp3) is 1.00. The van der Waals surface area contributed by atoms with Gasteiger partial charge in [-0.25, -0.2) is 0 Å². The van der Waals surface area contributed by atoms with Gasteiger partial charge >= 0.3 is 143 Å². The molecule has 0 unspecified atom stereocenters. The van der Waals surface area contributed by atoms with Crippen molar-refractivity contribution in [1.82, 2.24) is 0 Å². The van der Waals surface area contributed by atoms with Gasteiger partial charge in [-0.15, -0.1) is 0 Å². The Morgan fingerprint density at radius 1 is 0.684 bits per heavy atom. The molecule has 3 nitrogen and oxygen atoms in total. The first-order chi connectivity index (χ1) is 9.35. The maximum absolute atomic E-state index is 5.82. The molecule has 0 N–H and O–H groups in total. The topological polar surface area (TPSA) is 27.7 Å². The van der Waals surface area contributed by atoms with Gasteiger partial charge in [0.25, 0.3) is 0 Å². The van der Waals surface area contributed by atoms with Crippen molar-refractivity contribution < 1.29 is 7.56 Å². The zero-order valence-electron chi connectivity index (χ0n) is 13.3. The Bertz CT molecular complexity index is 155. The monoisotopic (exact) mass is 490 g/mol. The molecule has 0 aliphatic heterocycles. The molecule has 0 saturated carbocycles. The van der Waals surface area contributed by atoms with Crippen LogP contribution in [0.1, 0.15) is 78.1 Å². The van der Waals surface area contributed by atoms with Crippen LogP contribution in [0, 0.1) is 0 Å². The summed E-state index contributed by atoms with van der Waals surface area (Å²) in [6.45, 7) is 6.21. The second-order valence-corrected chi connectivity index (χ2v) is 19.0. The van der Waals surface area contributed by atoms with E-state index in [2.05, 4.69) is 13.8 Å². The summed E-state index contributed by atoms with van der Waals surface area (Å²) in [5, 5.41) is 0. The summed E-state index contributed by atoms with van der Waals surface area (Å²) >= 11 is -2.17. The molecule has 116 valence electrons. The molecular formula is C14H34O3Sn2. The summed E-state index contributed by atoms with van der Waals surface area (Å²) in [6, 6.07) is 0. The van der Waals surface area contributed by atoms with Crippen molar-refractivity contribution in [3.63, 3.8) is 0 Å². The Kier molecular flexibility index (Phi) is 18.9. The molecular weight excluding hydrogens is 454 g/mol. The summed E-state index contributed by atoms with van der Waals surface area (Å²) in [7, 11) is 0. The molecule has 0 aromatic heterocycles. The quantitative estimate of drug-likeness (QED) is 0.263. The van der Waals surface area contributed by atoms with Crippen molar-refractivity contribution in [2.75, 3.05) is 13.2 Å². The van der Waals surface area contributed by atoms with Gasteiger partial charge in [0, 0.05) is 0 Å². The summed E-state index contributed by atoms with van der Waals surface area (Å²) in [5.74, 6) is 0. The number of hydrogen-bond acceptors (Lipinski definition) is 3. The predicted molar refractivity (Wildman–Crippen MR) is 87.6 cm³/mol. The SMILES string of the molecule is CCCCCCC[O][SnH]([O][SnH3])[O]CCCCCCC. The molecule has 0 aliphatic carbocycles. The van der Waals surface area contributed by atoms with Crippen LogP contribution in [0.2, 0.25) is 0 Å². The zero-order chi connectivity index (χ0) is 14.2. The Morgan fingerprint density at radius 2 is 1.11 bits per heavy atom. The molecule has 0 aliphatic rings. The van der Waals surface area contributed by atoms with Crippen LogP contribution in [-0.4, -0.2) is 57.2 Å².